The minimum atomic E-state index is -0.250. The van der Waals surface area contributed by atoms with Gasteiger partial charge in [0.25, 0.3) is 5.91 Å². The molecule has 9 heteroatoms. The van der Waals surface area contributed by atoms with Crippen molar-refractivity contribution in [2.75, 3.05) is 11.9 Å². The Balaban J connectivity index is 1.21. The second-order valence-electron chi connectivity index (χ2n) is 9.97. The normalized spacial score (nSPS) is 15.6. The molecule has 3 heterocycles. The molecule has 1 N–H and O–H groups in total. The molecule has 1 aliphatic carbocycles. The van der Waals surface area contributed by atoms with Crippen LogP contribution in [-0.4, -0.2) is 32.3 Å². The summed E-state index contributed by atoms with van der Waals surface area (Å²) in [5.41, 5.74) is 1.47. The summed E-state index contributed by atoms with van der Waals surface area (Å²) in [6, 6.07) is 13.2. The predicted molar refractivity (Wildman–Crippen MR) is 147 cm³/mol. The average Bonchev–Trinajstić information content (AvgIpc) is 3.63. The molecule has 0 bridgehead atoms. The van der Waals surface area contributed by atoms with Gasteiger partial charge in [0.15, 0.2) is 11.0 Å². The van der Waals surface area contributed by atoms with E-state index in [2.05, 4.69) is 25.1 Å². The zero-order valence-electron chi connectivity index (χ0n) is 21.3. The first kappa shape index (κ1) is 24.6. The fraction of sp³-hybridized carbons (Fsp3) is 0.379. The van der Waals surface area contributed by atoms with E-state index in [1.165, 1.54) is 43.4 Å². The summed E-state index contributed by atoms with van der Waals surface area (Å²) in [6.45, 7) is 1.60. The van der Waals surface area contributed by atoms with Crippen LogP contribution in [0, 0.1) is 5.92 Å². The molecule has 1 fully saturated rings. The molecule has 4 aromatic rings. The lowest BCUT2D eigenvalue weighted by Gasteiger charge is -2.22. The van der Waals surface area contributed by atoms with Crippen LogP contribution < -0.4 is 14.8 Å². The summed E-state index contributed by atoms with van der Waals surface area (Å²) >= 11 is 1.38. The van der Waals surface area contributed by atoms with Crippen molar-refractivity contribution in [3.05, 3.63) is 65.4 Å². The Bertz CT molecular complexity index is 1380. The number of benzene rings is 2. The van der Waals surface area contributed by atoms with Gasteiger partial charge in [-0.3, -0.25) is 10.1 Å². The van der Waals surface area contributed by atoms with E-state index in [4.69, 9.17) is 9.47 Å². The number of hydrogen-bond acceptors (Lipinski definition) is 7. The lowest BCUT2D eigenvalue weighted by atomic mass is 9.90. The van der Waals surface area contributed by atoms with Crippen molar-refractivity contribution in [3.63, 3.8) is 0 Å². The van der Waals surface area contributed by atoms with Crippen molar-refractivity contribution in [2.45, 2.75) is 57.9 Å². The zero-order chi connectivity index (χ0) is 25.7. The van der Waals surface area contributed by atoms with Gasteiger partial charge in [-0.2, -0.15) is 0 Å². The van der Waals surface area contributed by atoms with Crippen LogP contribution >= 0.6 is 11.3 Å². The standard InChI is InChI=1S/C29H31N5O3S/c35-28(31-29-30-13-15-38-29)22-16-24(36-19-20-6-2-1-3-7-20)18-25(17-22)37-23-11-9-21(10-12-23)27-33-32-26-8-4-5-14-34(26)27/h9-13,15-18,20H,1-8,14,19H2,(H,30,31,35). The molecule has 196 valence electrons. The van der Waals surface area contributed by atoms with Crippen molar-refractivity contribution in [3.8, 4) is 28.6 Å². The number of aryl methyl sites for hydroxylation is 1. The van der Waals surface area contributed by atoms with Crippen LogP contribution in [0.3, 0.4) is 0 Å². The maximum atomic E-state index is 13.0. The lowest BCUT2D eigenvalue weighted by Crippen LogP contribution is -2.16. The molecule has 6 rings (SSSR count). The first-order valence-corrected chi connectivity index (χ1v) is 14.3. The molecular formula is C29H31N5O3S. The summed E-state index contributed by atoms with van der Waals surface area (Å²) in [7, 11) is 0. The zero-order valence-corrected chi connectivity index (χ0v) is 22.1. The van der Waals surface area contributed by atoms with Gasteiger partial charge in [0, 0.05) is 41.7 Å². The van der Waals surface area contributed by atoms with Crippen LogP contribution in [0.4, 0.5) is 5.13 Å². The Hall–Kier alpha value is -3.72. The van der Waals surface area contributed by atoms with Crippen LogP contribution in [-0.2, 0) is 13.0 Å². The van der Waals surface area contributed by atoms with Gasteiger partial charge in [0.2, 0.25) is 0 Å². The van der Waals surface area contributed by atoms with Gasteiger partial charge < -0.3 is 14.0 Å². The van der Waals surface area contributed by atoms with Gasteiger partial charge in [-0.25, -0.2) is 4.98 Å². The Labute approximate surface area is 226 Å². The number of nitrogens with zero attached hydrogens (tertiary/aromatic N) is 4. The summed E-state index contributed by atoms with van der Waals surface area (Å²) in [5.74, 6) is 4.09. The Morgan fingerprint density at radius 1 is 0.974 bits per heavy atom. The highest BCUT2D eigenvalue weighted by Gasteiger charge is 2.18. The van der Waals surface area contributed by atoms with E-state index in [1.807, 2.05) is 35.7 Å². The number of amides is 1. The fourth-order valence-electron chi connectivity index (χ4n) is 5.20. The third kappa shape index (κ3) is 5.72. The van der Waals surface area contributed by atoms with Crippen LogP contribution in [0.2, 0.25) is 0 Å². The van der Waals surface area contributed by atoms with E-state index < -0.39 is 0 Å². The van der Waals surface area contributed by atoms with Crippen LogP contribution in [0.15, 0.2) is 54.0 Å². The van der Waals surface area contributed by atoms with Gasteiger partial charge in [-0.1, -0.05) is 19.3 Å². The number of nitrogens with one attached hydrogen (secondary N) is 1. The number of carbonyl (C=O) groups excluding carboxylic acids is 1. The molecule has 1 aliphatic heterocycles. The quantitative estimate of drug-likeness (QED) is 0.272. The summed E-state index contributed by atoms with van der Waals surface area (Å²) in [6.07, 6.45) is 11.2. The molecule has 1 amide bonds. The largest absolute Gasteiger partial charge is 0.493 e. The monoisotopic (exact) mass is 529 g/mol. The lowest BCUT2D eigenvalue weighted by molar-refractivity contribution is 0.102. The summed E-state index contributed by atoms with van der Waals surface area (Å²) in [5, 5.41) is 14.0. The van der Waals surface area contributed by atoms with Crippen molar-refractivity contribution in [2.24, 2.45) is 5.92 Å². The molecule has 2 aromatic heterocycles. The smallest absolute Gasteiger partial charge is 0.257 e. The number of carbonyl (C=O) groups is 1. The topological polar surface area (TPSA) is 91.2 Å². The Morgan fingerprint density at radius 3 is 2.63 bits per heavy atom. The van der Waals surface area contributed by atoms with Crippen LogP contribution in [0.1, 0.15) is 61.1 Å². The fourth-order valence-corrected chi connectivity index (χ4v) is 5.72. The number of aromatic nitrogens is 4. The van der Waals surface area contributed by atoms with Crippen molar-refractivity contribution < 1.29 is 14.3 Å². The number of hydrogen-bond donors (Lipinski definition) is 1. The average molecular weight is 530 g/mol. The van der Waals surface area contributed by atoms with Crippen molar-refractivity contribution >= 4 is 22.4 Å². The van der Waals surface area contributed by atoms with E-state index in [-0.39, 0.29) is 5.91 Å². The first-order valence-electron chi connectivity index (χ1n) is 13.4. The molecule has 0 atom stereocenters. The predicted octanol–water partition coefficient (Wildman–Crippen LogP) is 6.74. The highest BCUT2D eigenvalue weighted by atomic mass is 32.1. The van der Waals surface area contributed by atoms with Gasteiger partial charge in [0.05, 0.1) is 6.61 Å². The van der Waals surface area contributed by atoms with Gasteiger partial charge in [0.1, 0.15) is 23.1 Å². The molecule has 0 radical (unpaired) electrons. The molecular weight excluding hydrogens is 498 g/mol. The molecule has 0 unspecified atom stereocenters. The maximum absolute atomic E-state index is 13.0. The third-order valence-electron chi connectivity index (χ3n) is 7.21. The Kier molecular flexibility index (Phi) is 7.35. The number of anilines is 1. The minimum Gasteiger partial charge on any atom is -0.493 e. The van der Waals surface area contributed by atoms with Crippen molar-refractivity contribution in [1.29, 1.82) is 0 Å². The van der Waals surface area contributed by atoms with E-state index in [9.17, 15) is 4.79 Å². The van der Waals surface area contributed by atoms with Gasteiger partial charge in [-0.05, 0) is 68.0 Å². The highest BCUT2D eigenvalue weighted by molar-refractivity contribution is 7.13. The van der Waals surface area contributed by atoms with E-state index in [1.54, 1.807) is 18.3 Å². The first-order chi connectivity index (χ1) is 18.7. The highest BCUT2D eigenvalue weighted by Crippen LogP contribution is 2.31. The molecule has 0 saturated heterocycles. The van der Waals surface area contributed by atoms with E-state index in [0.717, 1.165) is 43.0 Å². The Morgan fingerprint density at radius 2 is 1.82 bits per heavy atom. The second-order valence-corrected chi connectivity index (χ2v) is 10.9. The maximum Gasteiger partial charge on any atom is 0.257 e. The van der Waals surface area contributed by atoms with Gasteiger partial charge in [-0.15, -0.1) is 21.5 Å². The number of ether oxygens (including phenoxy) is 2. The molecule has 2 aromatic carbocycles. The number of rotatable bonds is 8. The molecule has 2 aliphatic rings. The second kappa shape index (κ2) is 11.3. The summed E-state index contributed by atoms with van der Waals surface area (Å²) in [4.78, 5) is 17.2. The molecule has 1 saturated carbocycles. The minimum absolute atomic E-state index is 0.250. The molecule has 8 nitrogen and oxygen atoms in total. The van der Waals surface area contributed by atoms with E-state index in [0.29, 0.717) is 40.5 Å². The van der Waals surface area contributed by atoms with Crippen LogP contribution in [0.25, 0.3) is 11.4 Å². The SMILES string of the molecule is O=C(Nc1nccs1)c1cc(OCC2CCCCC2)cc(Oc2ccc(-c3nnc4n3CCCC4)cc2)c1. The molecule has 0 spiro atoms. The third-order valence-corrected chi connectivity index (χ3v) is 7.90. The summed E-state index contributed by atoms with van der Waals surface area (Å²) < 4.78 is 14.6. The molecule has 38 heavy (non-hydrogen) atoms. The van der Waals surface area contributed by atoms with Crippen molar-refractivity contribution in [1.82, 2.24) is 19.7 Å². The number of thiazole rings is 1. The van der Waals surface area contributed by atoms with Gasteiger partial charge >= 0.3 is 0 Å². The number of fused-ring (bicyclic) bond motifs is 1. The van der Waals surface area contributed by atoms with E-state index >= 15 is 0 Å². The van der Waals surface area contributed by atoms with Crippen LogP contribution in [0.5, 0.6) is 17.2 Å².